The van der Waals surface area contributed by atoms with Crippen LogP contribution in [0.2, 0.25) is 0 Å². The van der Waals surface area contributed by atoms with Crippen LogP contribution in [0.5, 0.6) is 0 Å². The molecule has 1 aliphatic rings. The minimum absolute atomic E-state index is 0.243. The van der Waals surface area contributed by atoms with Crippen molar-refractivity contribution in [3.8, 4) is 6.19 Å². The summed E-state index contributed by atoms with van der Waals surface area (Å²) >= 11 is 1.44. The van der Waals surface area contributed by atoms with E-state index >= 15 is 0 Å². The number of amidine groups is 1. The smallest absolute Gasteiger partial charge is 0.215 e. The first-order chi connectivity index (χ1) is 8.20. The minimum atomic E-state index is -0.840. The molecule has 0 N–H and O–H groups in total. The lowest BCUT2D eigenvalue weighted by Gasteiger charge is -2.16. The third-order valence-corrected chi connectivity index (χ3v) is 3.26. The quantitative estimate of drug-likeness (QED) is 0.596. The first-order valence-electron chi connectivity index (χ1n) is 4.85. The van der Waals surface area contributed by atoms with Gasteiger partial charge in [0.15, 0.2) is 5.17 Å². The molecule has 0 aliphatic carbocycles. The van der Waals surface area contributed by atoms with Crippen LogP contribution in [0.25, 0.3) is 0 Å². The molecule has 0 aromatic carbocycles. The maximum absolute atomic E-state index is 13.4. The van der Waals surface area contributed by atoms with Gasteiger partial charge in [-0.1, -0.05) is 11.8 Å². The van der Waals surface area contributed by atoms with Crippen LogP contribution in [-0.2, 0) is 6.54 Å². The number of pyridine rings is 1. The van der Waals surface area contributed by atoms with Crippen LogP contribution in [0, 0.1) is 23.2 Å². The lowest BCUT2D eigenvalue weighted by atomic mass is 10.2. The summed E-state index contributed by atoms with van der Waals surface area (Å²) in [6.07, 6.45) is 2.87. The summed E-state index contributed by atoms with van der Waals surface area (Å²) in [6.45, 7) is 0.925. The van der Waals surface area contributed by atoms with Crippen LogP contribution < -0.4 is 0 Å². The van der Waals surface area contributed by atoms with E-state index in [4.69, 9.17) is 5.26 Å². The molecular formula is C10H8F2N4S. The van der Waals surface area contributed by atoms with E-state index in [1.807, 2.05) is 0 Å². The second-order valence-electron chi connectivity index (χ2n) is 3.36. The predicted molar refractivity (Wildman–Crippen MR) is 60.1 cm³/mol. The number of hydrogen-bond donors (Lipinski definition) is 0. The Morgan fingerprint density at radius 3 is 3.12 bits per heavy atom. The highest BCUT2D eigenvalue weighted by Gasteiger charge is 2.21. The van der Waals surface area contributed by atoms with E-state index in [0.717, 1.165) is 18.0 Å². The Morgan fingerprint density at radius 1 is 1.59 bits per heavy atom. The molecule has 1 aromatic rings. The Bertz CT molecular complexity index is 498. The second-order valence-corrected chi connectivity index (χ2v) is 4.42. The standard InChI is InChI=1S/C10H8F2N4S/c11-8-3-9(12)14-4-7(8)5-16-1-2-17-10(16)15-6-13/h3-4H,1-2,5H2/b15-10+. The second kappa shape index (κ2) is 5.10. The van der Waals surface area contributed by atoms with Crippen molar-refractivity contribution in [3.05, 3.63) is 29.6 Å². The molecule has 2 rings (SSSR count). The van der Waals surface area contributed by atoms with E-state index in [1.165, 1.54) is 11.8 Å². The van der Waals surface area contributed by atoms with Crippen molar-refractivity contribution in [1.29, 1.82) is 5.26 Å². The van der Waals surface area contributed by atoms with Gasteiger partial charge in [-0.15, -0.1) is 4.99 Å². The lowest BCUT2D eigenvalue weighted by Crippen LogP contribution is -2.24. The molecular weight excluding hydrogens is 246 g/mol. The largest absolute Gasteiger partial charge is 0.345 e. The number of thioether (sulfide) groups is 1. The molecule has 0 atom stereocenters. The first-order valence-corrected chi connectivity index (χ1v) is 5.83. The Labute approximate surface area is 101 Å². The van der Waals surface area contributed by atoms with Gasteiger partial charge in [0.25, 0.3) is 0 Å². The van der Waals surface area contributed by atoms with Crippen LogP contribution in [0.3, 0.4) is 0 Å². The Morgan fingerprint density at radius 2 is 2.41 bits per heavy atom. The molecule has 4 nitrogen and oxygen atoms in total. The van der Waals surface area contributed by atoms with Crippen LogP contribution in [0.4, 0.5) is 8.78 Å². The Balaban J connectivity index is 2.16. The SMILES string of the molecule is N#C/N=C1/SCCN1Cc1cnc(F)cc1F. The molecule has 1 aliphatic heterocycles. The van der Waals surface area contributed by atoms with Crippen LogP contribution in [-0.4, -0.2) is 27.3 Å². The van der Waals surface area contributed by atoms with Gasteiger partial charge in [0.1, 0.15) is 5.82 Å². The first kappa shape index (κ1) is 11.8. The summed E-state index contributed by atoms with van der Waals surface area (Å²) in [4.78, 5) is 8.82. The van der Waals surface area contributed by atoms with Crippen molar-refractivity contribution in [3.63, 3.8) is 0 Å². The van der Waals surface area contributed by atoms with Gasteiger partial charge in [0.2, 0.25) is 12.1 Å². The summed E-state index contributed by atoms with van der Waals surface area (Å²) in [7, 11) is 0. The molecule has 0 saturated carbocycles. The normalized spacial score (nSPS) is 17.5. The van der Waals surface area contributed by atoms with Gasteiger partial charge in [0.05, 0.1) is 0 Å². The number of rotatable bonds is 2. The molecule has 1 saturated heterocycles. The van der Waals surface area contributed by atoms with Gasteiger partial charge in [0, 0.05) is 36.7 Å². The molecule has 0 radical (unpaired) electrons. The van der Waals surface area contributed by atoms with Gasteiger partial charge >= 0.3 is 0 Å². The maximum atomic E-state index is 13.4. The van der Waals surface area contributed by atoms with Crippen molar-refractivity contribution < 1.29 is 8.78 Å². The topological polar surface area (TPSA) is 52.3 Å². The number of halogens is 2. The number of aromatic nitrogens is 1. The van der Waals surface area contributed by atoms with Crippen molar-refractivity contribution in [2.75, 3.05) is 12.3 Å². The number of nitriles is 1. The highest BCUT2D eigenvalue weighted by molar-refractivity contribution is 8.14. The van der Waals surface area contributed by atoms with E-state index in [0.29, 0.717) is 17.3 Å². The number of aliphatic imine (C=N–C) groups is 1. The van der Waals surface area contributed by atoms with Gasteiger partial charge < -0.3 is 4.90 Å². The van der Waals surface area contributed by atoms with E-state index in [2.05, 4.69) is 9.98 Å². The third kappa shape index (κ3) is 2.71. The third-order valence-electron chi connectivity index (χ3n) is 2.27. The summed E-state index contributed by atoms with van der Waals surface area (Å²) in [5, 5.41) is 9.05. The molecule has 17 heavy (non-hydrogen) atoms. The molecule has 7 heteroatoms. The molecule has 1 fully saturated rings. The average Bonchev–Trinajstić information content (AvgIpc) is 2.71. The molecule has 0 spiro atoms. The zero-order valence-corrected chi connectivity index (χ0v) is 9.55. The fourth-order valence-corrected chi connectivity index (χ4v) is 2.42. The zero-order valence-electron chi connectivity index (χ0n) is 8.73. The van der Waals surface area contributed by atoms with Crippen molar-refractivity contribution in [2.24, 2.45) is 4.99 Å². The maximum Gasteiger partial charge on any atom is 0.215 e. The van der Waals surface area contributed by atoms with Crippen molar-refractivity contribution in [2.45, 2.75) is 6.54 Å². The monoisotopic (exact) mass is 254 g/mol. The van der Waals surface area contributed by atoms with Crippen molar-refractivity contribution in [1.82, 2.24) is 9.88 Å². The van der Waals surface area contributed by atoms with Gasteiger partial charge in [-0.05, 0) is 0 Å². The lowest BCUT2D eigenvalue weighted by molar-refractivity contribution is 0.438. The van der Waals surface area contributed by atoms with Gasteiger partial charge in [-0.25, -0.2) is 9.37 Å². The van der Waals surface area contributed by atoms with E-state index in [1.54, 1.807) is 11.1 Å². The van der Waals surface area contributed by atoms with Crippen LogP contribution in [0.1, 0.15) is 5.56 Å². The molecule has 1 aromatic heterocycles. The molecule has 0 amide bonds. The summed E-state index contributed by atoms with van der Waals surface area (Å²) in [5.74, 6) is -0.671. The summed E-state index contributed by atoms with van der Waals surface area (Å²) in [6, 6.07) is 0.750. The van der Waals surface area contributed by atoms with Crippen LogP contribution in [0.15, 0.2) is 17.3 Å². The van der Waals surface area contributed by atoms with E-state index in [9.17, 15) is 8.78 Å². The van der Waals surface area contributed by atoms with E-state index in [-0.39, 0.29) is 6.54 Å². The van der Waals surface area contributed by atoms with Crippen molar-refractivity contribution >= 4 is 16.9 Å². The summed E-state index contributed by atoms with van der Waals surface area (Å²) in [5.41, 5.74) is 0.291. The fraction of sp³-hybridized carbons (Fsp3) is 0.300. The fourth-order valence-electron chi connectivity index (χ4n) is 1.48. The Kier molecular flexibility index (Phi) is 3.54. The molecule has 2 heterocycles. The van der Waals surface area contributed by atoms with Gasteiger partial charge in [-0.2, -0.15) is 9.65 Å². The average molecular weight is 254 g/mol. The van der Waals surface area contributed by atoms with E-state index < -0.39 is 11.8 Å². The van der Waals surface area contributed by atoms with Gasteiger partial charge in [-0.3, -0.25) is 0 Å². The van der Waals surface area contributed by atoms with Crippen LogP contribution >= 0.6 is 11.8 Å². The highest BCUT2D eigenvalue weighted by atomic mass is 32.2. The number of nitrogens with zero attached hydrogens (tertiary/aromatic N) is 4. The molecule has 88 valence electrons. The number of hydrogen-bond acceptors (Lipinski definition) is 4. The highest BCUT2D eigenvalue weighted by Crippen LogP contribution is 2.21. The minimum Gasteiger partial charge on any atom is -0.345 e. The zero-order chi connectivity index (χ0) is 12.3. The predicted octanol–water partition coefficient (Wildman–Crippen LogP) is 1.75. The summed E-state index contributed by atoms with van der Waals surface area (Å²) < 4.78 is 26.0. The molecule has 0 unspecified atom stereocenters. The molecule has 0 bridgehead atoms. The Hall–Kier alpha value is -1.68.